The number of nitrogen functional groups attached to an aromatic ring is 1. The van der Waals surface area contributed by atoms with Crippen LogP contribution in [-0.4, -0.2) is 10.8 Å². The normalized spacial score (nSPS) is 10.2. The summed E-state index contributed by atoms with van der Waals surface area (Å²) in [6.07, 6.45) is 0. The molecule has 2 aromatic rings. The average molecular weight is 354 g/mol. The van der Waals surface area contributed by atoms with Crippen molar-refractivity contribution in [2.24, 2.45) is 0 Å². The van der Waals surface area contributed by atoms with Crippen molar-refractivity contribution in [1.29, 1.82) is 0 Å². The van der Waals surface area contributed by atoms with E-state index >= 15 is 0 Å². The highest BCUT2D eigenvalue weighted by Gasteiger charge is 2.16. The fraction of sp³-hybridized carbons (Fsp3) is 0. The van der Waals surface area contributed by atoms with Crippen LogP contribution in [0.2, 0.25) is 0 Å². The molecule has 0 saturated heterocycles. The van der Waals surface area contributed by atoms with E-state index in [9.17, 15) is 19.3 Å². The molecule has 2 aromatic carbocycles. The number of nitro groups is 1. The molecule has 0 radical (unpaired) electrons. The highest BCUT2D eigenvalue weighted by molar-refractivity contribution is 9.10. The standard InChI is InChI=1S/C13H9BrFN3O3/c14-9-6-8(15)2-4-11(9)17-13(19)7-1-3-10(16)12(5-7)18(20)21/h1-6H,16H2,(H,17,19). The molecule has 0 spiro atoms. The summed E-state index contributed by atoms with van der Waals surface area (Å²) in [6, 6.07) is 7.50. The van der Waals surface area contributed by atoms with E-state index in [1.807, 2.05) is 0 Å². The molecule has 0 heterocycles. The van der Waals surface area contributed by atoms with Gasteiger partial charge in [-0.05, 0) is 46.3 Å². The summed E-state index contributed by atoms with van der Waals surface area (Å²) in [5.74, 6) is -1.02. The Hall–Kier alpha value is -2.48. The van der Waals surface area contributed by atoms with Crippen molar-refractivity contribution in [2.45, 2.75) is 0 Å². The molecule has 108 valence electrons. The molecule has 0 aliphatic carbocycles. The van der Waals surface area contributed by atoms with Crippen LogP contribution in [0.3, 0.4) is 0 Å². The Labute approximate surface area is 127 Å². The zero-order chi connectivity index (χ0) is 15.6. The second kappa shape index (κ2) is 5.88. The first kappa shape index (κ1) is 14.9. The molecule has 0 aromatic heterocycles. The summed E-state index contributed by atoms with van der Waals surface area (Å²) in [5, 5.41) is 13.3. The van der Waals surface area contributed by atoms with Gasteiger partial charge in [0.25, 0.3) is 11.6 Å². The summed E-state index contributed by atoms with van der Waals surface area (Å²) in [6.45, 7) is 0. The molecule has 0 atom stereocenters. The van der Waals surface area contributed by atoms with Crippen LogP contribution in [0, 0.1) is 15.9 Å². The number of carbonyl (C=O) groups is 1. The lowest BCUT2D eigenvalue weighted by molar-refractivity contribution is -0.383. The van der Waals surface area contributed by atoms with Crippen molar-refractivity contribution < 1.29 is 14.1 Å². The summed E-state index contributed by atoms with van der Waals surface area (Å²) < 4.78 is 13.3. The van der Waals surface area contributed by atoms with E-state index in [-0.39, 0.29) is 16.9 Å². The number of nitro benzene ring substituents is 1. The van der Waals surface area contributed by atoms with Gasteiger partial charge in [-0.1, -0.05) is 0 Å². The minimum atomic E-state index is -0.667. The number of nitrogens with zero attached hydrogens (tertiary/aromatic N) is 1. The molecular weight excluding hydrogens is 345 g/mol. The molecule has 0 fully saturated rings. The summed E-state index contributed by atoms with van der Waals surface area (Å²) in [5.41, 5.74) is 5.51. The summed E-state index contributed by atoms with van der Waals surface area (Å²) in [4.78, 5) is 22.2. The Bertz CT molecular complexity index is 737. The number of nitrogens with two attached hydrogens (primary N) is 1. The van der Waals surface area contributed by atoms with Crippen LogP contribution in [0.15, 0.2) is 40.9 Å². The molecular formula is C13H9BrFN3O3. The lowest BCUT2D eigenvalue weighted by Gasteiger charge is -2.08. The van der Waals surface area contributed by atoms with E-state index < -0.39 is 16.6 Å². The van der Waals surface area contributed by atoms with Crippen LogP contribution in [0.25, 0.3) is 0 Å². The minimum absolute atomic E-state index is 0.0282. The molecule has 0 unspecified atom stereocenters. The third-order valence-electron chi connectivity index (χ3n) is 2.67. The number of benzene rings is 2. The molecule has 3 N–H and O–H groups in total. The van der Waals surface area contributed by atoms with E-state index in [0.29, 0.717) is 10.2 Å². The van der Waals surface area contributed by atoms with E-state index in [0.717, 1.165) is 6.07 Å². The first-order valence-corrected chi connectivity index (χ1v) is 6.48. The van der Waals surface area contributed by atoms with E-state index in [4.69, 9.17) is 5.73 Å². The van der Waals surface area contributed by atoms with E-state index in [1.54, 1.807) is 0 Å². The maximum Gasteiger partial charge on any atom is 0.292 e. The average Bonchev–Trinajstić information content (AvgIpc) is 2.42. The smallest absolute Gasteiger partial charge is 0.292 e. The van der Waals surface area contributed by atoms with Gasteiger partial charge in [0.05, 0.1) is 10.6 Å². The third kappa shape index (κ3) is 3.34. The van der Waals surface area contributed by atoms with Gasteiger partial charge in [0.2, 0.25) is 0 Å². The second-order valence-electron chi connectivity index (χ2n) is 4.11. The monoisotopic (exact) mass is 353 g/mol. The van der Waals surface area contributed by atoms with Gasteiger partial charge < -0.3 is 11.1 Å². The third-order valence-corrected chi connectivity index (χ3v) is 3.32. The predicted molar refractivity (Wildman–Crippen MR) is 79.6 cm³/mol. The maximum atomic E-state index is 13.0. The Balaban J connectivity index is 2.28. The van der Waals surface area contributed by atoms with Gasteiger partial charge in [0.1, 0.15) is 11.5 Å². The molecule has 1 amide bonds. The number of anilines is 2. The highest BCUT2D eigenvalue weighted by atomic mass is 79.9. The van der Waals surface area contributed by atoms with E-state index in [2.05, 4.69) is 21.2 Å². The predicted octanol–water partition coefficient (Wildman–Crippen LogP) is 3.33. The lowest BCUT2D eigenvalue weighted by Crippen LogP contribution is -2.13. The first-order chi connectivity index (χ1) is 9.88. The van der Waals surface area contributed by atoms with Crippen LogP contribution in [0.1, 0.15) is 10.4 Å². The molecule has 2 rings (SSSR count). The number of halogens is 2. The van der Waals surface area contributed by atoms with Crippen LogP contribution < -0.4 is 11.1 Å². The van der Waals surface area contributed by atoms with Crippen LogP contribution >= 0.6 is 15.9 Å². The molecule has 0 aliphatic rings. The van der Waals surface area contributed by atoms with Crippen molar-refractivity contribution in [3.63, 3.8) is 0 Å². The zero-order valence-corrected chi connectivity index (χ0v) is 12.1. The second-order valence-corrected chi connectivity index (χ2v) is 4.96. The Kier molecular flexibility index (Phi) is 4.18. The zero-order valence-electron chi connectivity index (χ0n) is 10.5. The maximum absolute atomic E-state index is 13.0. The van der Waals surface area contributed by atoms with E-state index in [1.165, 1.54) is 30.3 Å². The SMILES string of the molecule is Nc1ccc(C(=O)Nc2ccc(F)cc2Br)cc1[N+](=O)[O-]. The molecule has 0 saturated carbocycles. The Morgan fingerprint density at radius 1 is 1.29 bits per heavy atom. The molecule has 6 nitrogen and oxygen atoms in total. The van der Waals surface area contributed by atoms with Crippen molar-refractivity contribution in [2.75, 3.05) is 11.1 Å². The number of rotatable bonds is 3. The van der Waals surface area contributed by atoms with Crippen molar-refractivity contribution >= 4 is 38.9 Å². The van der Waals surface area contributed by atoms with Gasteiger partial charge in [0.15, 0.2) is 0 Å². The lowest BCUT2D eigenvalue weighted by atomic mass is 10.1. The Morgan fingerprint density at radius 3 is 2.62 bits per heavy atom. The largest absolute Gasteiger partial charge is 0.393 e. The van der Waals surface area contributed by atoms with Gasteiger partial charge in [-0.25, -0.2) is 4.39 Å². The van der Waals surface area contributed by atoms with Gasteiger partial charge >= 0.3 is 0 Å². The van der Waals surface area contributed by atoms with Crippen molar-refractivity contribution in [3.05, 3.63) is 62.4 Å². The van der Waals surface area contributed by atoms with Crippen LogP contribution in [-0.2, 0) is 0 Å². The molecule has 21 heavy (non-hydrogen) atoms. The summed E-state index contributed by atoms with van der Waals surface area (Å²) in [7, 11) is 0. The first-order valence-electron chi connectivity index (χ1n) is 5.69. The van der Waals surface area contributed by atoms with Crippen LogP contribution in [0.4, 0.5) is 21.5 Å². The molecule has 0 bridgehead atoms. The number of hydrogen-bond acceptors (Lipinski definition) is 4. The van der Waals surface area contributed by atoms with Crippen LogP contribution in [0.5, 0.6) is 0 Å². The fourth-order valence-corrected chi connectivity index (χ4v) is 2.08. The number of hydrogen-bond donors (Lipinski definition) is 2. The van der Waals surface area contributed by atoms with Gasteiger partial charge in [0, 0.05) is 16.1 Å². The van der Waals surface area contributed by atoms with Gasteiger partial charge in [-0.3, -0.25) is 14.9 Å². The highest BCUT2D eigenvalue weighted by Crippen LogP contribution is 2.26. The van der Waals surface area contributed by atoms with Gasteiger partial charge in [-0.15, -0.1) is 0 Å². The fourth-order valence-electron chi connectivity index (χ4n) is 1.63. The van der Waals surface area contributed by atoms with Crippen molar-refractivity contribution in [3.8, 4) is 0 Å². The van der Waals surface area contributed by atoms with Gasteiger partial charge in [-0.2, -0.15) is 0 Å². The summed E-state index contributed by atoms with van der Waals surface area (Å²) >= 11 is 3.11. The molecule has 8 heteroatoms. The topological polar surface area (TPSA) is 98.3 Å². The minimum Gasteiger partial charge on any atom is -0.393 e. The van der Waals surface area contributed by atoms with Crippen molar-refractivity contribution in [1.82, 2.24) is 0 Å². The quantitative estimate of drug-likeness (QED) is 0.502. The Morgan fingerprint density at radius 2 is 2.00 bits per heavy atom. The number of carbonyl (C=O) groups excluding carboxylic acids is 1. The molecule has 0 aliphatic heterocycles. The number of nitrogens with one attached hydrogen (secondary N) is 1. The number of amides is 1.